The number of hydrogen-bond acceptors (Lipinski definition) is 5. The van der Waals surface area contributed by atoms with Crippen molar-refractivity contribution in [1.29, 1.82) is 0 Å². The van der Waals surface area contributed by atoms with Gasteiger partial charge in [-0.1, -0.05) is 6.07 Å². The molecular formula is C19H22N2O4. The molecule has 1 saturated heterocycles. The van der Waals surface area contributed by atoms with Gasteiger partial charge in [0.25, 0.3) is 5.91 Å². The number of carbonyl (C=O) groups excluding carboxylic acids is 2. The van der Waals surface area contributed by atoms with Crippen molar-refractivity contribution in [1.82, 2.24) is 5.32 Å². The highest BCUT2D eigenvalue weighted by molar-refractivity contribution is 6.05. The van der Waals surface area contributed by atoms with Gasteiger partial charge in [-0.15, -0.1) is 0 Å². The van der Waals surface area contributed by atoms with Gasteiger partial charge in [0.15, 0.2) is 0 Å². The monoisotopic (exact) mass is 342 g/mol. The zero-order valence-electron chi connectivity index (χ0n) is 14.4. The van der Waals surface area contributed by atoms with E-state index in [2.05, 4.69) is 10.6 Å². The van der Waals surface area contributed by atoms with Crippen molar-refractivity contribution in [3.63, 3.8) is 0 Å². The van der Waals surface area contributed by atoms with Gasteiger partial charge in [-0.2, -0.15) is 0 Å². The second-order valence-electron chi connectivity index (χ2n) is 6.22. The fraction of sp³-hybridized carbons (Fsp3) is 0.368. The fourth-order valence-electron chi connectivity index (χ4n) is 2.91. The summed E-state index contributed by atoms with van der Waals surface area (Å²) in [4.78, 5) is 24.7. The Balaban J connectivity index is 1.67. The van der Waals surface area contributed by atoms with Gasteiger partial charge in [0.1, 0.15) is 17.6 Å². The molecule has 1 aromatic carbocycles. The maximum atomic E-state index is 12.4. The number of hydrogen-bond donors (Lipinski definition) is 2. The Hall–Kier alpha value is -2.60. The number of furan rings is 1. The lowest BCUT2D eigenvalue weighted by Crippen LogP contribution is -2.33. The Morgan fingerprint density at radius 3 is 2.64 bits per heavy atom. The first kappa shape index (κ1) is 17.2. The first-order valence-electron chi connectivity index (χ1n) is 8.43. The lowest BCUT2D eigenvalue weighted by Gasteiger charge is -2.22. The number of anilines is 1. The standard InChI is InChI=1S/C19H22N2O4/c1-12-10-17(13(2)24-12)18(22)21-15-5-3-4-14(11-15)19(23)25-16-6-8-20-9-7-16/h3-5,10-11,16,20H,6-9H2,1-2H3,(H,21,22). The zero-order valence-corrected chi connectivity index (χ0v) is 14.4. The van der Waals surface area contributed by atoms with Gasteiger partial charge in [-0.25, -0.2) is 4.79 Å². The predicted molar refractivity (Wildman–Crippen MR) is 93.9 cm³/mol. The molecule has 25 heavy (non-hydrogen) atoms. The molecule has 2 aromatic rings. The van der Waals surface area contributed by atoms with Gasteiger partial charge < -0.3 is 19.8 Å². The minimum atomic E-state index is -0.363. The summed E-state index contributed by atoms with van der Waals surface area (Å²) in [6.45, 7) is 5.25. The van der Waals surface area contributed by atoms with Crippen molar-refractivity contribution in [2.45, 2.75) is 32.8 Å². The van der Waals surface area contributed by atoms with Crippen LogP contribution in [-0.2, 0) is 4.74 Å². The van der Waals surface area contributed by atoms with E-state index < -0.39 is 0 Å². The smallest absolute Gasteiger partial charge is 0.338 e. The summed E-state index contributed by atoms with van der Waals surface area (Å²) < 4.78 is 10.9. The maximum Gasteiger partial charge on any atom is 0.338 e. The Kier molecular flexibility index (Phi) is 5.19. The van der Waals surface area contributed by atoms with E-state index in [4.69, 9.17) is 9.15 Å². The molecule has 0 spiro atoms. The topological polar surface area (TPSA) is 80.6 Å². The number of aryl methyl sites for hydroxylation is 2. The van der Waals surface area contributed by atoms with Crippen LogP contribution >= 0.6 is 0 Å². The molecule has 6 heteroatoms. The van der Waals surface area contributed by atoms with Crippen LogP contribution in [0.5, 0.6) is 0 Å². The molecule has 0 unspecified atom stereocenters. The highest BCUT2D eigenvalue weighted by Gasteiger charge is 2.19. The lowest BCUT2D eigenvalue weighted by molar-refractivity contribution is 0.0229. The molecule has 0 atom stereocenters. The molecular weight excluding hydrogens is 320 g/mol. The van der Waals surface area contributed by atoms with Gasteiger partial charge in [-0.05, 0) is 64.0 Å². The van der Waals surface area contributed by atoms with Crippen molar-refractivity contribution >= 4 is 17.6 Å². The largest absolute Gasteiger partial charge is 0.466 e. The van der Waals surface area contributed by atoms with Gasteiger partial charge in [-0.3, -0.25) is 4.79 Å². The van der Waals surface area contributed by atoms with E-state index in [0.29, 0.717) is 28.3 Å². The molecule has 1 aromatic heterocycles. The molecule has 132 valence electrons. The van der Waals surface area contributed by atoms with Crippen LogP contribution in [0.3, 0.4) is 0 Å². The van der Waals surface area contributed by atoms with Gasteiger partial charge in [0.2, 0.25) is 0 Å². The molecule has 0 saturated carbocycles. The summed E-state index contributed by atoms with van der Waals surface area (Å²) in [5.41, 5.74) is 1.46. The zero-order chi connectivity index (χ0) is 17.8. The molecule has 0 radical (unpaired) electrons. The van der Waals surface area contributed by atoms with Crippen molar-refractivity contribution in [3.8, 4) is 0 Å². The number of nitrogens with one attached hydrogen (secondary N) is 2. The fourth-order valence-corrected chi connectivity index (χ4v) is 2.91. The third-order valence-corrected chi connectivity index (χ3v) is 4.20. The van der Waals surface area contributed by atoms with E-state index in [-0.39, 0.29) is 18.0 Å². The van der Waals surface area contributed by atoms with Crippen molar-refractivity contribution < 1.29 is 18.7 Å². The van der Waals surface area contributed by atoms with Crippen LogP contribution in [0.15, 0.2) is 34.7 Å². The van der Waals surface area contributed by atoms with E-state index in [9.17, 15) is 9.59 Å². The summed E-state index contributed by atoms with van der Waals surface area (Å²) >= 11 is 0. The molecule has 6 nitrogen and oxygen atoms in total. The average Bonchev–Trinajstić information content (AvgIpc) is 2.94. The number of esters is 1. The van der Waals surface area contributed by atoms with Crippen LogP contribution in [0.2, 0.25) is 0 Å². The van der Waals surface area contributed by atoms with Crippen LogP contribution in [0, 0.1) is 13.8 Å². The molecule has 1 amide bonds. The van der Waals surface area contributed by atoms with Gasteiger partial charge in [0.05, 0.1) is 11.1 Å². The molecule has 2 heterocycles. The maximum absolute atomic E-state index is 12.4. The molecule has 3 rings (SSSR count). The van der Waals surface area contributed by atoms with Crippen LogP contribution in [0.1, 0.15) is 45.1 Å². The Morgan fingerprint density at radius 1 is 1.20 bits per heavy atom. The summed E-state index contributed by atoms with van der Waals surface area (Å²) in [5.74, 6) is 0.620. The molecule has 1 aliphatic heterocycles. The summed E-state index contributed by atoms with van der Waals surface area (Å²) in [6, 6.07) is 8.47. The Morgan fingerprint density at radius 2 is 1.96 bits per heavy atom. The Bertz CT molecular complexity index is 775. The number of rotatable bonds is 4. The molecule has 1 fully saturated rings. The SMILES string of the molecule is Cc1cc(C(=O)Nc2cccc(C(=O)OC3CCNCC3)c2)c(C)o1. The highest BCUT2D eigenvalue weighted by atomic mass is 16.5. The minimum absolute atomic E-state index is 0.0523. The third kappa shape index (κ3) is 4.28. The molecule has 2 N–H and O–H groups in total. The quantitative estimate of drug-likeness (QED) is 0.835. The molecule has 1 aliphatic rings. The van der Waals surface area contributed by atoms with Crippen LogP contribution in [0.25, 0.3) is 0 Å². The van der Waals surface area contributed by atoms with Crippen LogP contribution in [-0.4, -0.2) is 31.1 Å². The normalized spacial score (nSPS) is 15.0. The summed E-state index contributed by atoms with van der Waals surface area (Å²) in [7, 11) is 0. The van der Waals surface area contributed by atoms with E-state index in [1.165, 1.54) is 0 Å². The summed E-state index contributed by atoms with van der Waals surface area (Å²) in [6.07, 6.45) is 1.59. The van der Waals surface area contributed by atoms with E-state index in [1.807, 2.05) is 0 Å². The number of carbonyl (C=O) groups is 2. The minimum Gasteiger partial charge on any atom is -0.466 e. The first-order chi connectivity index (χ1) is 12.0. The Labute approximate surface area is 146 Å². The second kappa shape index (κ2) is 7.53. The lowest BCUT2D eigenvalue weighted by atomic mass is 10.1. The van der Waals surface area contributed by atoms with Gasteiger partial charge >= 0.3 is 5.97 Å². The highest BCUT2D eigenvalue weighted by Crippen LogP contribution is 2.18. The first-order valence-corrected chi connectivity index (χ1v) is 8.43. The molecule has 0 aliphatic carbocycles. The third-order valence-electron chi connectivity index (χ3n) is 4.20. The van der Waals surface area contributed by atoms with Crippen LogP contribution < -0.4 is 10.6 Å². The number of amides is 1. The number of piperidine rings is 1. The van der Waals surface area contributed by atoms with E-state index >= 15 is 0 Å². The number of benzene rings is 1. The summed E-state index contributed by atoms with van der Waals surface area (Å²) in [5, 5.41) is 6.03. The van der Waals surface area contributed by atoms with E-state index in [1.54, 1.807) is 44.2 Å². The molecule has 0 bridgehead atoms. The number of ether oxygens (including phenoxy) is 1. The predicted octanol–water partition coefficient (Wildman–Crippen LogP) is 3.06. The van der Waals surface area contributed by atoms with Crippen molar-refractivity contribution in [2.75, 3.05) is 18.4 Å². The van der Waals surface area contributed by atoms with Crippen molar-refractivity contribution in [3.05, 3.63) is 53.0 Å². The van der Waals surface area contributed by atoms with Crippen molar-refractivity contribution in [2.24, 2.45) is 0 Å². The average molecular weight is 342 g/mol. The van der Waals surface area contributed by atoms with Gasteiger partial charge in [0, 0.05) is 5.69 Å². The second-order valence-corrected chi connectivity index (χ2v) is 6.22. The van der Waals surface area contributed by atoms with Crippen LogP contribution in [0.4, 0.5) is 5.69 Å². The van der Waals surface area contributed by atoms with E-state index in [0.717, 1.165) is 25.9 Å².